The van der Waals surface area contributed by atoms with Gasteiger partial charge in [-0.1, -0.05) is 18.2 Å². The number of aryl methyl sites for hydroxylation is 1. The summed E-state index contributed by atoms with van der Waals surface area (Å²) in [5, 5.41) is 0. The molecule has 3 heteroatoms. The lowest BCUT2D eigenvalue weighted by Crippen LogP contribution is -2.26. The summed E-state index contributed by atoms with van der Waals surface area (Å²) in [6.45, 7) is 2.41. The van der Waals surface area contributed by atoms with E-state index < -0.39 is 0 Å². The molecule has 100 valence electrons. The van der Waals surface area contributed by atoms with Gasteiger partial charge in [-0.25, -0.2) is 0 Å². The number of hydrogen-bond acceptors (Lipinski definition) is 3. The van der Waals surface area contributed by atoms with Gasteiger partial charge in [0.05, 0.1) is 13.2 Å². The Bertz CT molecular complexity index is 348. The number of unbranched alkanes of at least 4 members (excludes halogenated alkanes) is 1. The highest BCUT2D eigenvalue weighted by Crippen LogP contribution is 2.23. The molecule has 2 rings (SSSR count). The van der Waals surface area contributed by atoms with E-state index in [1.54, 1.807) is 0 Å². The van der Waals surface area contributed by atoms with Crippen molar-refractivity contribution in [1.29, 1.82) is 0 Å². The first-order valence-electron chi connectivity index (χ1n) is 6.92. The maximum Gasteiger partial charge on any atom is 0.122 e. The Morgan fingerprint density at radius 3 is 2.72 bits per heavy atom. The summed E-state index contributed by atoms with van der Waals surface area (Å²) in [7, 11) is 0. The molecule has 0 aliphatic carbocycles. The van der Waals surface area contributed by atoms with E-state index in [4.69, 9.17) is 15.2 Å². The molecule has 0 saturated carbocycles. The van der Waals surface area contributed by atoms with Crippen LogP contribution in [0, 0.1) is 0 Å². The molecule has 1 aliphatic rings. The van der Waals surface area contributed by atoms with Crippen molar-refractivity contribution in [1.82, 2.24) is 0 Å². The average Bonchev–Trinajstić information content (AvgIpc) is 2.42. The molecule has 0 spiro atoms. The number of benzene rings is 1. The minimum atomic E-state index is 0.314. The first-order valence-corrected chi connectivity index (χ1v) is 6.92. The molecule has 0 radical (unpaired) electrons. The summed E-state index contributed by atoms with van der Waals surface area (Å²) < 4.78 is 11.5. The van der Waals surface area contributed by atoms with Crippen molar-refractivity contribution in [2.45, 2.75) is 38.2 Å². The molecule has 2 N–H and O–H groups in total. The van der Waals surface area contributed by atoms with Crippen LogP contribution in [-0.4, -0.2) is 25.9 Å². The smallest absolute Gasteiger partial charge is 0.122 e. The number of para-hydroxylation sites is 1. The molecule has 1 heterocycles. The van der Waals surface area contributed by atoms with Gasteiger partial charge >= 0.3 is 0 Å². The molecular weight excluding hydrogens is 226 g/mol. The zero-order valence-corrected chi connectivity index (χ0v) is 10.9. The van der Waals surface area contributed by atoms with E-state index in [-0.39, 0.29) is 0 Å². The molecule has 0 atom stereocenters. The molecule has 1 aliphatic heterocycles. The monoisotopic (exact) mass is 249 g/mol. The molecule has 1 aromatic carbocycles. The highest BCUT2D eigenvalue weighted by Gasteiger charge is 2.16. The van der Waals surface area contributed by atoms with Gasteiger partial charge in [-0.3, -0.25) is 0 Å². The zero-order valence-electron chi connectivity index (χ0n) is 10.9. The van der Waals surface area contributed by atoms with E-state index in [2.05, 4.69) is 18.2 Å². The minimum absolute atomic E-state index is 0.314. The van der Waals surface area contributed by atoms with Crippen molar-refractivity contribution < 1.29 is 9.47 Å². The minimum Gasteiger partial charge on any atom is -0.490 e. The highest BCUT2D eigenvalue weighted by atomic mass is 16.5. The number of hydrogen-bond donors (Lipinski definition) is 1. The van der Waals surface area contributed by atoms with Gasteiger partial charge in [0, 0.05) is 12.8 Å². The maximum absolute atomic E-state index is 6.11. The molecule has 18 heavy (non-hydrogen) atoms. The molecule has 0 amide bonds. The van der Waals surface area contributed by atoms with Gasteiger partial charge in [0.2, 0.25) is 0 Å². The summed E-state index contributed by atoms with van der Waals surface area (Å²) in [6, 6.07) is 8.36. The Morgan fingerprint density at radius 1 is 1.17 bits per heavy atom. The van der Waals surface area contributed by atoms with Crippen molar-refractivity contribution in [2.24, 2.45) is 5.73 Å². The number of ether oxygens (including phenoxy) is 2. The lowest BCUT2D eigenvalue weighted by atomic mass is 10.1. The van der Waals surface area contributed by atoms with Crippen molar-refractivity contribution in [3.8, 4) is 5.75 Å². The van der Waals surface area contributed by atoms with E-state index >= 15 is 0 Å². The van der Waals surface area contributed by atoms with E-state index in [0.717, 1.165) is 57.6 Å². The topological polar surface area (TPSA) is 44.5 Å². The molecule has 1 fully saturated rings. The van der Waals surface area contributed by atoms with Crippen molar-refractivity contribution in [3.63, 3.8) is 0 Å². The average molecular weight is 249 g/mol. The summed E-state index contributed by atoms with van der Waals surface area (Å²) in [5.74, 6) is 1.04. The lowest BCUT2D eigenvalue weighted by Gasteiger charge is -2.24. The van der Waals surface area contributed by atoms with Crippen molar-refractivity contribution >= 4 is 0 Å². The Hall–Kier alpha value is -1.06. The predicted molar refractivity (Wildman–Crippen MR) is 72.9 cm³/mol. The molecule has 0 unspecified atom stereocenters. The van der Waals surface area contributed by atoms with Crippen LogP contribution in [0.4, 0.5) is 0 Å². The van der Waals surface area contributed by atoms with Gasteiger partial charge in [0.15, 0.2) is 0 Å². The first kappa shape index (κ1) is 13.4. The Kier molecular flexibility index (Phi) is 5.49. The fourth-order valence-electron chi connectivity index (χ4n) is 2.26. The summed E-state index contributed by atoms with van der Waals surface area (Å²) in [6.07, 6.45) is 5.57. The van der Waals surface area contributed by atoms with Crippen LogP contribution in [0.5, 0.6) is 5.75 Å². The zero-order chi connectivity index (χ0) is 12.6. The van der Waals surface area contributed by atoms with Crippen molar-refractivity contribution in [3.05, 3.63) is 29.8 Å². The standard InChI is InChI=1S/C15H23NO2/c16-10-4-3-6-13-5-1-2-7-15(13)18-14-8-11-17-12-9-14/h1-2,5,7,14H,3-4,6,8-12,16H2. The van der Waals surface area contributed by atoms with Crippen LogP contribution in [0.3, 0.4) is 0 Å². The lowest BCUT2D eigenvalue weighted by molar-refractivity contribution is 0.0252. The van der Waals surface area contributed by atoms with Gasteiger partial charge in [-0.15, -0.1) is 0 Å². The van der Waals surface area contributed by atoms with E-state index in [1.807, 2.05) is 6.07 Å². The van der Waals surface area contributed by atoms with Crippen LogP contribution in [0.2, 0.25) is 0 Å². The summed E-state index contributed by atoms with van der Waals surface area (Å²) >= 11 is 0. The summed E-state index contributed by atoms with van der Waals surface area (Å²) in [4.78, 5) is 0. The van der Waals surface area contributed by atoms with Gasteiger partial charge in [0.25, 0.3) is 0 Å². The van der Waals surface area contributed by atoms with E-state index in [1.165, 1.54) is 5.56 Å². The van der Waals surface area contributed by atoms with Crippen LogP contribution < -0.4 is 10.5 Å². The van der Waals surface area contributed by atoms with Gasteiger partial charge in [-0.05, 0) is 37.4 Å². The van der Waals surface area contributed by atoms with Gasteiger partial charge < -0.3 is 15.2 Å². The van der Waals surface area contributed by atoms with Crippen LogP contribution in [-0.2, 0) is 11.2 Å². The number of rotatable bonds is 6. The van der Waals surface area contributed by atoms with Gasteiger partial charge in [-0.2, -0.15) is 0 Å². The SMILES string of the molecule is NCCCCc1ccccc1OC1CCOCC1. The fraction of sp³-hybridized carbons (Fsp3) is 0.600. The van der Waals surface area contributed by atoms with Crippen LogP contribution in [0.25, 0.3) is 0 Å². The van der Waals surface area contributed by atoms with Crippen LogP contribution >= 0.6 is 0 Å². The third kappa shape index (κ3) is 4.00. The predicted octanol–water partition coefficient (Wildman–Crippen LogP) is 2.53. The fourth-order valence-corrected chi connectivity index (χ4v) is 2.26. The molecule has 0 aromatic heterocycles. The largest absolute Gasteiger partial charge is 0.490 e. The molecule has 0 bridgehead atoms. The van der Waals surface area contributed by atoms with Crippen LogP contribution in [0.15, 0.2) is 24.3 Å². The first-order chi connectivity index (χ1) is 8.90. The van der Waals surface area contributed by atoms with Crippen LogP contribution in [0.1, 0.15) is 31.2 Å². The van der Waals surface area contributed by atoms with Crippen molar-refractivity contribution in [2.75, 3.05) is 19.8 Å². The Balaban J connectivity index is 1.93. The second-order valence-corrected chi connectivity index (χ2v) is 4.78. The molecule has 1 saturated heterocycles. The highest BCUT2D eigenvalue weighted by molar-refractivity contribution is 5.33. The third-order valence-corrected chi connectivity index (χ3v) is 3.33. The van der Waals surface area contributed by atoms with Gasteiger partial charge in [0.1, 0.15) is 11.9 Å². The Labute approximate surface area is 109 Å². The number of nitrogens with two attached hydrogens (primary N) is 1. The van der Waals surface area contributed by atoms with E-state index in [0.29, 0.717) is 6.10 Å². The molecule has 3 nitrogen and oxygen atoms in total. The third-order valence-electron chi connectivity index (χ3n) is 3.33. The van der Waals surface area contributed by atoms with E-state index in [9.17, 15) is 0 Å². The Morgan fingerprint density at radius 2 is 1.94 bits per heavy atom. The molecular formula is C15H23NO2. The second kappa shape index (κ2) is 7.39. The molecule has 1 aromatic rings. The summed E-state index contributed by atoms with van der Waals surface area (Å²) in [5.41, 5.74) is 6.84. The normalized spacial score (nSPS) is 16.7. The quantitative estimate of drug-likeness (QED) is 0.788. The second-order valence-electron chi connectivity index (χ2n) is 4.78. The maximum atomic E-state index is 6.11.